The number of amides is 1. The van der Waals surface area contributed by atoms with Crippen LogP contribution in [-0.4, -0.2) is 21.4 Å². The van der Waals surface area contributed by atoms with Crippen LogP contribution in [0.3, 0.4) is 0 Å². The molecule has 3 nitrogen and oxygen atoms in total. The van der Waals surface area contributed by atoms with E-state index in [1.807, 2.05) is 32.0 Å². The van der Waals surface area contributed by atoms with Gasteiger partial charge in [-0.1, -0.05) is 31.9 Å². The van der Waals surface area contributed by atoms with Gasteiger partial charge in [-0.25, -0.2) is 0 Å². The second kappa shape index (κ2) is 4.62. The molecule has 18 heavy (non-hydrogen) atoms. The molecule has 0 fully saturated rings. The topological polar surface area (TPSA) is 40.5 Å². The largest absolute Gasteiger partial charge is 0.387 e. The van der Waals surface area contributed by atoms with E-state index < -0.39 is 11.6 Å². The maximum absolute atomic E-state index is 11.9. The minimum atomic E-state index is -0.636. The standard InChI is InChI=1S/C13H15Br2NO2/c1-7(17)16-10-5-4-8(14)6-9(10)11(18)12(15)13(16,2)3/h4-6,11-12,18H,1-3H3. The van der Waals surface area contributed by atoms with Crippen molar-refractivity contribution in [2.45, 2.75) is 37.2 Å². The Balaban J connectivity index is 2.68. The first-order valence-corrected chi connectivity index (χ1v) is 7.40. The van der Waals surface area contributed by atoms with Gasteiger partial charge in [-0.3, -0.25) is 4.79 Å². The molecule has 0 radical (unpaired) electrons. The van der Waals surface area contributed by atoms with Crippen molar-refractivity contribution in [1.29, 1.82) is 0 Å². The molecule has 1 aromatic carbocycles. The van der Waals surface area contributed by atoms with Crippen LogP contribution in [0.5, 0.6) is 0 Å². The maximum Gasteiger partial charge on any atom is 0.224 e. The molecule has 1 aromatic rings. The average Bonchev–Trinajstić information content (AvgIpc) is 2.27. The van der Waals surface area contributed by atoms with E-state index in [9.17, 15) is 9.90 Å². The minimum absolute atomic E-state index is 0.0278. The van der Waals surface area contributed by atoms with Gasteiger partial charge in [0.15, 0.2) is 0 Å². The van der Waals surface area contributed by atoms with E-state index in [2.05, 4.69) is 31.9 Å². The molecule has 2 atom stereocenters. The Morgan fingerprint density at radius 3 is 2.61 bits per heavy atom. The molecule has 1 N–H and O–H groups in total. The highest BCUT2D eigenvalue weighted by atomic mass is 79.9. The van der Waals surface area contributed by atoms with Crippen molar-refractivity contribution in [3.63, 3.8) is 0 Å². The number of hydrogen-bond donors (Lipinski definition) is 1. The van der Waals surface area contributed by atoms with Crippen LogP contribution < -0.4 is 4.90 Å². The van der Waals surface area contributed by atoms with E-state index in [0.717, 1.165) is 15.7 Å². The summed E-state index contributed by atoms with van der Waals surface area (Å²) >= 11 is 6.91. The highest BCUT2D eigenvalue weighted by Gasteiger charge is 2.46. The van der Waals surface area contributed by atoms with Gasteiger partial charge >= 0.3 is 0 Å². The molecule has 0 saturated heterocycles. The van der Waals surface area contributed by atoms with Crippen LogP contribution >= 0.6 is 31.9 Å². The van der Waals surface area contributed by atoms with Gasteiger partial charge in [0, 0.05) is 17.0 Å². The predicted molar refractivity (Wildman–Crippen MR) is 79.1 cm³/mol. The second-order valence-electron chi connectivity index (χ2n) is 5.06. The zero-order chi connectivity index (χ0) is 13.7. The molecular formula is C13H15Br2NO2. The number of aliphatic hydroxyl groups excluding tert-OH is 1. The molecule has 1 heterocycles. The van der Waals surface area contributed by atoms with Crippen molar-refractivity contribution >= 4 is 43.5 Å². The average molecular weight is 377 g/mol. The first-order valence-electron chi connectivity index (χ1n) is 5.69. The molecule has 0 aromatic heterocycles. The van der Waals surface area contributed by atoms with Crippen LogP contribution in [0.2, 0.25) is 0 Å². The monoisotopic (exact) mass is 375 g/mol. The highest BCUT2D eigenvalue weighted by Crippen LogP contribution is 2.46. The van der Waals surface area contributed by atoms with E-state index >= 15 is 0 Å². The van der Waals surface area contributed by atoms with Crippen LogP contribution in [0.25, 0.3) is 0 Å². The van der Waals surface area contributed by atoms with E-state index in [1.54, 1.807) is 11.8 Å². The molecule has 98 valence electrons. The lowest BCUT2D eigenvalue weighted by Crippen LogP contribution is -2.57. The van der Waals surface area contributed by atoms with Crippen molar-refractivity contribution in [3.05, 3.63) is 28.2 Å². The van der Waals surface area contributed by atoms with Crippen LogP contribution in [0.4, 0.5) is 5.69 Å². The number of hydrogen-bond acceptors (Lipinski definition) is 2. The fourth-order valence-electron chi connectivity index (χ4n) is 2.52. The van der Waals surface area contributed by atoms with Crippen molar-refractivity contribution in [1.82, 2.24) is 0 Å². The number of carbonyl (C=O) groups excluding carboxylic acids is 1. The first-order chi connectivity index (χ1) is 8.26. The summed E-state index contributed by atoms with van der Waals surface area (Å²) in [5.74, 6) is -0.0278. The van der Waals surface area contributed by atoms with Crippen molar-refractivity contribution < 1.29 is 9.90 Å². The molecule has 5 heteroatoms. The van der Waals surface area contributed by atoms with Crippen molar-refractivity contribution in [2.24, 2.45) is 0 Å². The van der Waals surface area contributed by atoms with E-state index in [1.165, 1.54) is 0 Å². The summed E-state index contributed by atoms with van der Waals surface area (Å²) in [6.45, 7) is 5.44. The van der Waals surface area contributed by atoms with Gasteiger partial charge in [-0.05, 0) is 32.0 Å². The third kappa shape index (κ3) is 2.02. The number of aliphatic hydroxyl groups is 1. The molecule has 0 bridgehead atoms. The number of anilines is 1. The second-order valence-corrected chi connectivity index (χ2v) is 6.96. The number of fused-ring (bicyclic) bond motifs is 1. The summed E-state index contributed by atoms with van der Waals surface area (Å²) in [5.41, 5.74) is 1.06. The van der Waals surface area contributed by atoms with E-state index in [-0.39, 0.29) is 10.7 Å². The molecule has 0 spiro atoms. The Morgan fingerprint density at radius 2 is 2.06 bits per heavy atom. The molecule has 1 amide bonds. The highest BCUT2D eigenvalue weighted by molar-refractivity contribution is 9.10. The Morgan fingerprint density at radius 1 is 1.44 bits per heavy atom. The first kappa shape index (κ1) is 14.0. The summed E-state index contributed by atoms with van der Waals surface area (Å²) in [5, 5.41) is 10.4. The van der Waals surface area contributed by atoms with Gasteiger partial charge in [0.25, 0.3) is 0 Å². The molecular weight excluding hydrogens is 362 g/mol. The lowest BCUT2D eigenvalue weighted by atomic mass is 9.84. The normalized spacial score (nSPS) is 25.8. The maximum atomic E-state index is 11.9. The quantitative estimate of drug-likeness (QED) is 0.705. The summed E-state index contributed by atoms with van der Waals surface area (Å²) in [7, 11) is 0. The summed E-state index contributed by atoms with van der Waals surface area (Å²) in [4.78, 5) is 13.5. The Hall–Kier alpha value is -0.390. The summed E-state index contributed by atoms with van der Waals surface area (Å²) in [6.07, 6.45) is -0.636. The van der Waals surface area contributed by atoms with Gasteiger partial charge in [0.05, 0.1) is 22.2 Å². The number of benzene rings is 1. The summed E-state index contributed by atoms with van der Waals surface area (Å²) < 4.78 is 0.892. The smallest absolute Gasteiger partial charge is 0.224 e. The molecule has 2 unspecified atom stereocenters. The molecule has 1 aliphatic heterocycles. The Labute approximate surface area is 123 Å². The van der Waals surface area contributed by atoms with Gasteiger partial charge in [-0.2, -0.15) is 0 Å². The Kier molecular flexibility index (Phi) is 3.60. The van der Waals surface area contributed by atoms with Crippen molar-refractivity contribution in [2.75, 3.05) is 4.90 Å². The molecule has 0 saturated carbocycles. The fourth-order valence-corrected chi connectivity index (χ4v) is 3.39. The van der Waals surface area contributed by atoms with Gasteiger partial charge in [-0.15, -0.1) is 0 Å². The van der Waals surface area contributed by atoms with E-state index in [4.69, 9.17) is 0 Å². The van der Waals surface area contributed by atoms with Gasteiger partial charge in [0.2, 0.25) is 5.91 Å². The van der Waals surface area contributed by atoms with Crippen LogP contribution in [-0.2, 0) is 4.79 Å². The minimum Gasteiger partial charge on any atom is -0.387 e. The summed E-state index contributed by atoms with van der Waals surface area (Å²) in [6, 6.07) is 5.61. The number of halogens is 2. The number of rotatable bonds is 0. The number of nitrogens with zero attached hydrogens (tertiary/aromatic N) is 1. The van der Waals surface area contributed by atoms with Crippen LogP contribution in [0, 0.1) is 0 Å². The van der Waals surface area contributed by atoms with E-state index in [0.29, 0.717) is 0 Å². The van der Waals surface area contributed by atoms with Gasteiger partial charge in [0.1, 0.15) is 0 Å². The number of alkyl halides is 1. The zero-order valence-electron chi connectivity index (χ0n) is 10.4. The Bertz CT molecular complexity index is 502. The predicted octanol–water partition coefficient (Wildman–Crippen LogP) is 3.39. The van der Waals surface area contributed by atoms with Crippen molar-refractivity contribution in [3.8, 4) is 0 Å². The third-order valence-corrected chi connectivity index (χ3v) is 5.51. The zero-order valence-corrected chi connectivity index (χ0v) is 13.6. The molecule has 2 rings (SSSR count). The molecule has 1 aliphatic rings. The van der Waals surface area contributed by atoms with Crippen LogP contribution in [0.15, 0.2) is 22.7 Å². The lowest BCUT2D eigenvalue weighted by molar-refractivity contribution is -0.117. The SMILES string of the molecule is CC(=O)N1c2ccc(Br)cc2C(O)C(Br)C1(C)C. The lowest BCUT2D eigenvalue weighted by Gasteiger charge is -2.48. The van der Waals surface area contributed by atoms with Crippen LogP contribution in [0.1, 0.15) is 32.4 Å². The third-order valence-electron chi connectivity index (χ3n) is 3.39. The molecule has 0 aliphatic carbocycles. The van der Waals surface area contributed by atoms with Gasteiger partial charge < -0.3 is 10.0 Å². The fraction of sp³-hybridized carbons (Fsp3) is 0.462. The number of carbonyl (C=O) groups is 1.